The minimum atomic E-state index is -0.395. The molecule has 2 amide bonds. The standard InChI is InChI=1S/C31H31FN4O3/c1-22-14-15-25(18-27(22)32)36-20-28(24-11-6-3-7-12-24)33-31(36)34-29(37)21-35(19-26-13-8-16-39-26)30(38)17-23-9-4-2-5-10-23/h2-7,9-12,14-15,18,20,26H,8,13,16-17,19,21H2,1H3,(H,33,34,37). The number of halogens is 1. The summed E-state index contributed by atoms with van der Waals surface area (Å²) in [6.07, 6.45) is 3.64. The monoisotopic (exact) mass is 526 g/mol. The highest BCUT2D eigenvalue weighted by molar-refractivity contribution is 5.94. The number of aromatic nitrogens is 2. The molecule has 4 aromatic rings. The summed E-state index contributed by atoms with van der Waals surface area (Å²) in [4.78, 5) is 32.8. The molecule has 8 heteroatoms. The summed E-state index contributed by atoms with van der Waals surface area (Å²) in [6.45, 7) is 2.54. The van der Waals surface area contributed by atoms with Gasteiger partial charge in [-0.25, -0.2) is 9.37 Å². The molecule has 1 atom stereocenters. The van der Waals surface area contributed by atoms with E-state index in [9.17, 15) is 14.0 Å². The average molecular weight is 527 g/mol. The number of rotatable bonds is 9. The summed E-state index contributed by atoms with van der Waals surface area (Å²) >= 11 is 0. The summed E-state index contributed by atoms with van der Waals surface area (Å²) in [7, 11) is 0. The second-order valence-electron chi connectivity index (χ2n) is 9.74. The number of hydrogen-bond donors (Lipinski definition) is 1. The zero-order valence-electron chi connectivity index (χ0n) is 21.8. The van der Waals surface area contributed by atoms with Crippen molar-refractivity contribution in [3.63, 3.8) is 0 Å². The molecule has 1 N–H and O–H groups in total. The van der Waals surface area contributed by atoms with Gasteiger partial charge in [0, 0.05) is 24.9 Å². The maximum absolute atomic E-state index is 14.4. The molecule has 0 bridgehead atoms. The molecule has 1 saturated heterocycles. The molecular formula is C31H31FN4O3. The summed E-state index contributed by atoms with van der Waals surface area (Å²) in [5.41, 5.74) is 3.42. The SMILES string of the molecule is Cc1ccc(-n2cc(-c3ccccc3)nc2NC(=O)CN(CC2CCCO2)C(=O)Cc2ccccc2)cc1F. The van der Waals surface area contributed by atoms with Crippen LogP contribution in [-0.4, -0.2) is 52.1 Å². The minimum Gasteiger partial charge on any atom is -0.376 e. The number of amides is 2. The van der Waals surface area contributed by atoms with Crippen LogP contribution in [0.15, 0.2) is 85.1 Å². The van der Waals surface area contributed by atoms with Crippen LogP contribution in [0.25, 0.3) is 16.9 Å². The third-order valence-corrected chi connectivity index (χ3v) is 6.79. The predicted octanol–water partition coefficient (Wildman–Crippen LogP) is 5.18. The molecule has 3 aromatic carbocycles. The molecule has 0 spiro atoms. The quantitative estimate of drug-likeness (QED) is 0.326. The van der Waals surface area contributed by atoms with E-state index in [1.807, 2.05) is 60.7 Å². The Bertz CT molecular complexity index is 1430. The number of benzene rings is 3. The van der Waals surface area contributed by atoms with Gasteiger partial charge in [0.1, 0.15) is 12.4 Å². The van der Waals surface area contributed by atoms with E-state index >= 15 is 0 Å². The topological polar surface area (TPSA) is 76.5 Å². The molecule has 1 aromatic heterocycles. The molecule has 1 aliphatic heterocycles. The van der Waals surface area contributed by atoms with Gasteiger partial charge in [0.05, 0.1) is 23.9 Å². The lowest BCUT2D eigenvalue weighted by Gasteiger charge is -2.25. The third-order valence-electron chi connectivity index (χ3n) is 6.79. The van der Waals surface area contributed by atoms with E-state index in [2.05, 4.69) is 10.3 Å². The van der Waals surface area contributed by atoms with E-state index in [1.54, 1.807) is 34.7 Å². The van der Waals surface area contributed by atoms with Crippen molar-refractivity contribution in [3.05, 3.63) is 102 Å². The molecular weight excluding hydrogens is 495 g/mol. The molecule has 1 fully saturated rings. The Balaban J connectivity index is 1.39. The second kappa shape index (κ2) is 12.0. The Hall–Kier alpha value is -4.30. The van der Waals surface area contributed by atoms with Gasteiger partial charge in [0.2, 0.25) is 17.8 Å². The number of aryl methyl sites for hydroxylation is 1. The number of hydrogen-bond acceptors (Lipinski definition) is 4. The smallest absolute Gasteiger partial charge is 0.246 e. The van der Waals surface area contributed by atoms with Crippen molar-refractivity contribution in [1.29, 1.82) is 0 Å². The number of anilines is 1. The van der Waals surface area contributed by atoms with Crippen LogP contribution in [0, 0.1) is 12.7 Å². The fourth-order valence-electron chi connectivity index (χ4n) is 4.65. The molecule has 0 aliphatic carbocycles. The van der Waals surface area contributed by atoms with Gasteiger partial charge in [0.25, 0.3) is 0 Å². The maximum Gasteiger partial charge on any atom is 0.246 e. The average Bonchev–Trinajstić information content (AvgIpc) is 3.61. The van der Waals surface area contributed by atoms with Crippen LogP contribution in [0.5, 0.6) is 0 Å². The number of carbonyl (C=O) groups excluding carboxylic acids is 2. The number of carbonyl (C=O) groups is 2. The van der Waals surface area contributed by atoms with E-state index in [-0.39, 0.29) is 36.7 Å². The van der Waals surface area contributed by atoms with Gasteiger partial charge in [-0.3, -0.25) is 19.5 Å². The Morgan fingerprint density at radius 2 is 1.82 bits per heavy atom. The van der Waals surface area contributed by atoms with E-state index in [4.69, 9.17) is 4.74 Å². The normalized spacial score (nSPS) is 14.8. The number of nitrogens with zero attached hydrogens (tertiary/aromatic N) is 3. The second-order valence-corrected chi connectivity index (χ2v) is 9.74. The van der Waals surface area contributed by atoms with Gasteiger partial charge in [-0.15, -0.1) is 0 Å². The highest BCUT2D eigenvalue weighted by Crippen LogP contribution is 2.25. The summed E-state index contributed by atoms with van der Waals surface area (Å²) in [5, 5.41) is 2.86. The molecule has 0 radical (unpaired) electrons. The van der Waals surface area contributed by atoms with E-state index in [0.717, 1.165) is 24.0 Å². The van der Waals surface area contributed by atoms with Gasteiger partial charge in [-0.05, 0) is 43.0 Å². The van der Waals surface area contributed by atoms with Gasteiger partial charge in [-0.2, -0.15) is 0 Å². The van der Waals surface area contributed by atoms with Crippen LogP contribution >= 0.6 is 0 Å². The fourth-order valence-corrected chi connectivity index (χ4v) is 4.65. The van der Waals surface area contributed by atoms with E-state index in [1.165, 1.54) is 6.07 Å². The lowest BCUT2D eigenvalue weighted by molar-refractivity contribution is -0.135. The summed E-state index contributed by atoms with van der Waals surface area (Å²) in [5.74, 6) is -0.655. The van der Waals surface area contributed by atoms with Crippen LogP contribution in [0.4, 0.5) is 10.3 Å². The van der Waals surface area contributed by atoms with Crippen molar-refractivity contribution >= 4 is 17.8 Å². The lowest BCUT2D eigenvalue weighted by atomic mass is 10.1. The first-order valence-corrected chi connectivity index (χ1v) is 13.1. The molecule has 7 nitrogen and oxygen atoms in total. The lowest BCUT2D eigenvalue weighted by Crippen LogP contribution is -2.43. The Morgan fingerprint density at radius 3 is 2.51 bits per heavy atom. The molecule has 39 heavy (non-hydrogen) atoms. The first-order valence-electron chi connectivity index (χ1n) is 13.1. The molecule has 5 rings (SSSR count). The minimum absolute atomic E-state index is 0.0975. The molecule has 1 unspecified atom stereocenters. The number of nitrogens with one attached hydrogen (secondary N) is 1. The molecule has 200 valence electrons. The zero-order chi connectivity index (χ0) is 27.2. The Morgan fingerprint density at radius 1 is 1.08 bits per heavy atom. The van der Waals surface area contributed by atoms with Crippen LogP contribution in [0.2, 0.25) is 0 Å². The fraction of sp³-hybridized carbons (Fsp3) is 0.258. The molecule has 2 heterocycles. The molecule has 1 aliphatic rings. The predicted molar refractivity (Wildman–Crippen MR) is 148 cm³/mol. The highest BCUT2D eigenvalue weighted by Gasteiger charge is 2.25. The van der Waals surface area contributed by atoms with Crippen LogP contribution in [-0.2, 0) is 20.7 Å². The van der Waals surface area contributed by atoms with Gasteiger partial charge < -0.3 is 9.64 Å². The number of imidazole rings is 1. The van der Waals surface area contributed by atoms with Crippen LogP contribution < -0.4 is 5.32 Å². The summed E-state index contributed by atoms with van der Waals surface area (Å²) < 4.78 is 21.9. The molecule has 0 saturated carbocycles. The van der Waals surface area contributed by atoms with Gasteiger partial charge in [-0.1, -0.05) is 66.7 Å². The van der Waals surface area contributed by atoms with Crippen molar-refractivity contribution in [2.75, 3.05) is 25.0 Å². The maximum atomic E-state index is 14.4. The Kier molecular flexibility index (Phi) is 8.13. The highest BCUT2D eigenvalue weighted by atomic mass is 19.1. The Labute approximate surface area is 227 Å². The first kappa shape index (κ1) is 26.3. The van der Waals surface area contributed by atoms with Crippen LogP contribution in [0.1, 0.15) is 24.0 Å². The van der Waals surface area contributed by atoms with Crippen molar-refractivity contribution < 1.29 is 18.7 Å². The van der Waals surface area contributed by atoms with Crippen LogP contribution in [0.3, 0.4) is 0 Å². The van der Waals surface area contributed by atoms with Crippen molar-refractivity contribution in [2.24, 2.45) is 0 Å². The van der Waals surface area contributed by atoms with Crippen molar-refractivity contribution in [1.82, 2.24) is 14.5 Å². The van der Waals surface area contributed by atoms with Gasteiger partial charge in [0.15, 0.2) is 0 Å². The van der Waals surface area contributed by atoms with E-state index < -0.39 is 5.91 Å². The zero-order valence-corrected chi connectivity index (χ0v) is 21.8. The van der Waals surface area contributed by atoms with Gasteiger partial charge >= 0.3 is 0 Å². The van der Waals surface area contributed by atoms with Crippen molar-refractivity contribution in [2.45, 2.75) is 32.3 Å². The first-order chi connectivity index (χ1) is 19.0. The largest absolute Gasteiger partial charge is 0.376 e. The third kappa shape index (κ3) is 6.59. The van der Waals surface area contributed by atoms with Crippen molar-refractivity contribution in [3.8, 4) is 16.9 Å². The summed E-state index contributed by atoms with van der Waals surface area (Å²) in [6, 6.07) is 23.9. The number of ether oxygens (including phenoxy) is 1. The van der Waals surface area contributed by atoms with E-state index in [0.29, 0.717) is 30.1 Å².